The Kier molecular flexibility index (Phi) is 1.89. The Morgan fingerprint density at radius 1 is 1.55 bits per heavy atom. The van der Waals surface area contributed by atoms with E-state index in [1.165, 1.54) is 0 Å². The number of rotatable bonds is 0. The summed E-state index contributed by atoms with van der Waals surface area (Å²) in [5, 5.41) is 2.19. The third-order valence-electron chi connectivity index (χ3n) is 1.22. The molecule has 1 aliphatic heterocycles. The third kappa shape index (κ3) is 1.96. The first-order valence-corrected chi connectivity index (χ1v) is 3.07. The second-order valence-electron chi connectivity index (χ2n) is 2.20. The lowest BCUT2D eigenvalue weighted by atomic mass is 10.3. The van der Waals surface area contributed by atoms with Gasteiger partial charge in [0.05, 0.1) is 0 Å². The molecule has 0 saturated heterocycles. The molecule has 1 atom stereocenters. The first-order valence-electron chi connectivity index (χ1n) is 3.07. The number of aliphatic imine (C=N–C) groups is 1. The summed E-state index contributed by atoms with van der Waals surface area (Å²) < 4.78 is 35.8. The molecule has 1 N–H and O–H groups in total. The van der Waals surface area contributed by atoms with Crippen LogP contribution >= 0.6 is 0 Å². The monoisotopic (exact) mass is 164 g/mol. The Morgan fingerprint density at radius 3 is 2.55 bits per heavy atom. The molecule has 1 aliphatic rings. The van der Waals surface area contributed by atoms with Gasteiger partial charge < -0.3 is 5.32 Å². The van der Waals surface area contributed by atoms with Gasteiger partial charge in [-0.25, -0.2) is 0 Å². The molecule has 0 spiro atoms. The van der Waals surface area contributed by atoms with Gasteiger partial charge in [-0.05, 0) is 13.0 Å². The molecule has 2 nitrogen and oxygen atoms in total. The van der Waals surface area contributed by atoms with Crippen LogP contribution in [0.2, 0.25) is 0 Å². The zero-order valence-corrected chi connectivity index (χ0v) is 5.81. The molecular formula is C6H7F3N2. The largest absolute Gasteiger partial charge is 0.431 e. The number of halogens is 3. The molecule has 0 amide bonds. The minimum absolute atomic E-state index is 0.489. The molecule has 11 heavy (non-hydrogen) atoms. The number of hydrogen-bond acceptors (Lipinski definition) is 2. The highest BCUT2D eigenvalue weighted by Gasteiger charge is 2.34. The first kappa shape index (κ1) is 8.10. The van der Waals surface area contributed by atoms with Gasteiger partial charge in [0.1, 0.15) is 11.9 Å². The normalized spacial score (nSPS) is 24.4. The van der Waals surface area contributed by atoms with E-state index in [0.717, 1.165) is 12.3 Å². The molecule has 1 heterocycles. The van der Waals surface area contributed by atoms with Crippen molar-refractivity contribution in [2.75, 3.05) is 0 Å². The molecule has 1 rings (SSSR count). The van der Waals surface area contributed by atoms with E-state index in [1.54, 1.807) is 6.92 Å². The molecule has 0 bridgehead atoms. The molecular weight excluding hydrogens is 157 g/mol. The predicted molar refractivity (Wildman–Crippen MR) is 35.2 cm³/mol. The van der Waals surface area contributed by atoms with Gasteiger partial charge in [-0.1, -0.05) is 0 Å². The summed E-state index contributed by atoms with van der Waals surface area (Å²) in [6.07, 6.45) is -2.71. The van der Waals surface area contributed by atoms with Gasteiger partial charge in [-0.2, -0.15) is 13.2 Å². The Bertz CT molecular complexity index is 204. The first-order chi connectivity index (χ1) is 5.00. The molecule has 0 aromatic heterocycles. The van der Waals surface area contributed by atoms with E-state index in [1.807, 2.05) is 0 Å². The molecule has 0 aliphatic carbocycles. The van der Waals surface area contributed by atoms with E-state index >= 15 is 0 Å². The zero-order valence-electron chi connectivity index (χ0n) is 5.81. The third-order valence-corrected chi connectivity index (χ3v) is 1.22. The molecule has 0 fully saturated rings. The molecule has 5 heteroatoms. The van der Waals surface area contributed by atoms with E-state index in [-0.39, 0.29) is 0 Å². The Hall–Kier alpha value is -1.00. The summed E-state index contributed by atoms with van der Waals surface area (Å²) in [4.78, 5) is 3.68. The summed E-state index contributed by atoms with van der Waals surface area (Å²) >= 11 is 0. The number of hydrogen-bond donors (Lipinski definition) is 1. The Balaban J connectivity index is 2.75. The van der Waals surface area contributed by atoms with Crippen LogP contribution < -0.4 is 5.32 Å². The van der Waals surface area contributed by atoms with E-state index in [0.29, 0.717) is 0 Å². The van der Waals surface area contributed by atoms with Crippen molar-refractivity contribution in [2.45, 2.75) is 19.3 Å². The smallest absolute Gasteiger partial charge is 0.360 e. The van der Waals surface area contributed by atoms with Crippen molar-refractivity contribution in [1.82, 2.24) is 5.32 Å². The second kappa shape index (κ2) is 2.56. The number of allylic oxidation sites excluding steroid dienone is 2. The van der Waals surface area contributed by atoms with Crippen molar-refractivity contribution in [2.24, 2.45) is 4.99 Å². The summed E-state index contributed by atoms with van der Waals surface area (Å²) in [5.41, 5.74) is -0.736. The van der Waals surface area contributed by atoms with Crippen LogP contribution in [0.15, 0.2) is 16.8 Å². The van der Waals surface area contributed by atoms with Gasteiger partial charge in [-0.15, -0.1) is 0 Å². The molecule has 0 aromatic rings. The molecule has 62 valence electrons. The predicted octanol–water partition coefficient (Wildman–Crippen LogP) is 1.45. The van der Waals surface area contributed by atoms with Crippen molar-refractivity contribution in [3.8, 4) is 0 Å². The van der Waals surface area contributed by atoms with Gasteiger partial charge in [-0.3, -0.25) is 4.99 Å². The fraction of sp³-hybridized carbons (Fsp3) is 0.500. The van der Waals surface area contributed by atoms with Crippen molar-refractivity contribution in [3.05, 3.63) is 11.8 Å². The van der Waals surface area contributed by atoms with Crippen LogP contribution in [0.1, 0.15) is 6.92 Å². The number of nitrogens with zero attached hydrogens (tertiary/aromatic N) is 1. The van der Waals surface area contributed by atoms with Gasteiger partial charge in [0.15, 0.2) is 0 Å². The number of nitrogens with one attached hydrogen (secondary N) is 1. The van der Waals surface area contributed by atoms with Crippen LogP contribution in [0.25, 0.3) is 0 Å². The summed E-state index contributed by atoms with van der Waals surface area (Å²) in [7, 11) is 0. The van der Waals surface area contributed by atoms with E-state index in [4.69, 9.17) is 0 Å². The van der Waals surface area contributed by atoms with Crippen LogP contribution in [0.4, 0.5) is 13.2 Å². The fourth-order valence-electron chi connectivity index (χ4n) is 0.733. The Labute approximate surface area is 61.8 Å². The minimum Gasteiger partial charge on any atom is -0.360 e. The lowest BCUT2D eigenvalue weighted by molar-refractivity contribution is -0.0976. The van der Waals surface area contributed by atoms with Gasteiger partial charge >= 0.3 is 6.18 Å². The quantitative estimate of drug-likeness (QED) is 0.575. The SMILES string of the molecule is CC1N=CC=C(C(F)(F)F)N1. The van der Waals surface area contributed by atoms with Crippen LogP contribution in [0, 0.1) is 0 Å². The summed E-state index contributed by atoms with van der Waals surface area (Å²) in [6, 6.07) is 0. The number of alkyl halides is 3. The summed E-state index contributed by atoms with van der Waals surface area (Å²) in [6.45, 7) is 1.55. The van der Waals surface area contributed by atoms with E-state index < -0.39 is 18.0 Å². The standard InChI is InChI=1S/C6H7F3N2/c1-4-10-3-2-5(11-4)6(7,8)9/h2-4,11H,1H3. The van der Waals surface area contributed by atoms with Gasteiger partial charge in [0.25, 0.3) is 0 Å². The van der Waals surface area contributed by atoms with Crippen LogP contribution in [-0.4, -0.2) is 18.6 Å². The van der Waals surface area contributed by atoms with Crippen LogP contribution in [0.5, 0.6) is 0 Å². The highest BCUT2D eigenvalue weighted by atomic mass is 19.4. The van der Waals surface area contributed by atoms with Crippen molar-refractivity contribution < 1.29 is 13.2 Å². The highest BCUT2D eigenvalue weighted by molar-refractivity contribution is 5.73. The molecule has 0 aromatic carbocycles. The van der Waals surface area contributed by atoms with E-state index in [2.05, 4.69) is 10.3 Å². The van der Waals surface area contributed by atoms with Crippen LogP contribution in [0.3, 0.4) is 0 Å². The summed E-state index contributed by atoms with van der Waals surface area (Å²) in [5.74, 6) is 0. The second-order valence-corrected chi connectivity index (χ2v) is 2.20. The highest BCUT2D eigenvalue weighted by Crippen LogP contribution is 2.24. The zero-order chi connectivity index (χ0) is 8.48. The lowest BCUT2D eigenvalue weighted by Gasteiger charge is -2.19. The van der Waals surface area contributed by atoms with Gasteiger partial charge in [0.2, 0.25) is 0 Å². The van der Waals surface area contributed by atoms with Crippen molar-refractivity contribution >= 4 is 6.21 Å². The average molecular weight is 164 g/mol. The van der Waals surface area contributed by atoms with Gasteiger partial charge in [0, 0.05) is 6.21 Å². The Morgan fingerprint density at radius 2 is 2.18 bits per heavy atom. The molecule has 0 radical (unpaired) electrons. The topological polar surface area (TPSA) is 24.4 Å². The van der Waals surface area contributed by atoms with Crippen LogP contribution in [-0.2, 0) is 0 Å². The maximum Gasteiger partial charge on any atom is 0.431 e. The minimum atomic E-state index is -4.29. The maximum atomic E-state index is 11.9. The lowest BCUT2D eigenvalue weighted by Crippen LogP contribution is -2.34. The molecule has 0 saturated carbocycles. The maximum absolute atomic E-state index is 11.9. The van der Waals surface area contributed by atoms with Crippen molar-refractivity contribution in [3.63, 3.8) is 0 Å². The average Bonchev–Trinajstić information content (AvgIpc) is 1.86. The molecule has 1 unspecified atom stereocenters. The van der Waals surface area contributed by atoms with Crippen molar-refractivity contribution in [1.29, 1.82) is 0 Å². The van der Waals surface area contributed by atoms with E-state index in [9.17, 15) is 13.2 Å². The fourth-order valence-corrected chi connectivity index (χ4v) is 0.733.